The minimum Gasteiger partial charge on any atom is -0.444 e. The second kappa shape index (κ2) is 9.43. The molecule has 0 amide bonds. The SMILES string of the molecule is I.NC(=NCc1coc(-c2ccccc2)n1)NCCc1cccs1. The minimum absolute atomic E-state index is 0. The molecule has 0 atom stereocenters. The molecule has 0 aliphatic rings. The molecule has 3 aromatic rings. The second-order valence-electron chi connectivity index (χ2n) is 4.97. The maximum atomic E-state index is 5.86. The summed E-state index contributed by atoms with van der Waals surface area (Å²) in [7, 11) is 0. The van der Waals surface area contributed by atoms with E-state index in [0.29, 0.717) is 18.4 Å². The summed E-state index contributed by atoms with van der Waals surface area (Å²) in [6, 6.07) is 13.9. The number of aromatic nitrogens is 1. The predicted octanol–water partition coefficient (Wildman–Crippen LogP) is 3.67. The molecule has 0 fully saturated rings. The third-order valence-corrected chi connectivity index (χ3v) is 4.18. The minimum atomic E-state index is 0. The Bertz CT molecular complexity index is 756. The van der Waals surface area contributed by atoms with Crippen LogP contribution in [-0.2, 0) is 13.0 Å². The maximum absolute atomic E-state index is 5.86. The van der Waals surface area contributed by atoms with Crippen molar-refractivity contribution in [1.82, 2.24) is 10.3 Å². The molecule has 7 heteroatoms. The van der Waals surface area contributed by atoms with Crippen LogP contribution in [-0.4, -0.2) is 17.5 Å². The molecule has 3 rings (SSSR count). The van der Waals surface area contributed by atoms with Crippen molar-refractivity contribution >= 4 is 41.3 Å². The second-order valence-corrected chi connectivity index (χ2v) is 6.00. The highest BCUT2D eigenvalue weighted by Gasteiger charge is 2.05. The lowest BCUT2D eigenvalue weighted by Crippen LogP contribution is -2.33. The molecule has 0 saturated carbocycles. The van der Waals surface area contributed by atoms with Crippen LogP contribution in [0.5, 0.6) is 0 Å². The number of nitrogens with zero attached hydrogens (tertiary/aromatic N) is 2. The van der Waals surface area contributed by atoms with Gasteiger partial charge in [-0.2, -0.15) is 0 Å². The van der Waals surface area contributed by atoms with E-state index >= 15 is 0 Å². The average Bonchev–Trinajstić information content (AvgIpc) is 3.25. The van der Waals surface area contributed by atoms with Gasteiger partial charge in [0.05, 0.1) is 6.54 Å². The highest BCUT2D eigenvalue weighted by atomic mass is 127. The smallest absolute Gasteiger partial charge is 0.226 e. The highest BCUT2D eigenvalue weighted by molar-refractivity contribution is 14.0. The van der Waals surface area contributed by atoms with Gasteiger partial charge < -0.3 is 15.5 Å². The van der Waals surface area contributed by atoms with E-state index in [1.807, 2.05) is 36.4 Å². The third-order valence-electron chi connectivity index (χ3n) is 3.24. The van der Waals surface area contributed by atoms with E-state index in [2.05, 4.69) is 26.7 Å². The molecule has 0 radical (unpaired) electrons. The first-order valence-corrected chi connectivity index (χ1v) is 8.25. The van der Waals surface area contributed by atoms with Crippen LogP contribution >= 0.6 is 35.3 Å². The maximum Gasteiger partial charge on any atom is 0.226 e. The zero-order chi connectivity index (χ0) is 15.9. The van der Waals surface area contributed by atoms with Crippen LogP contribution in [0.25, 0.3) is 11.5 Å². The summed E-state index contributed by atoms with van der Waals surface area (Å²) in [5.74, 6) is 1.02. The van der Waals surface area contributed by atoms with E-state index in [4.69, 9.17) is 10.2 Å². The lowest BCUT2D eigenvalue weighted by molar-refractivity contribution is 0.572. The Kier molecular flexibility index (Phi) is 7.26. The monoisotopic (exact) mass is 454 g/mol. The predicted molar refractivity (Wildman–Crippen MR) is 109 cm³/mol. The number of hydrogen-bond donors (Lipinski definition) is 2. The molecular formula is C17H19IN4OS. The van der Waals surface area contributed by atoms with Crippen molar-refractivity contribution in [1.29, 1.82) is 0 Å². The van der Waals surface area contributed by atoms with Crippen molar-refractivity contribution in [2.75, 3.05) is 6.54 Å². The van der Waals surface area contributed by atoms with Gasteiger partial charge in [0, 0.05) is 17.0 Å². The molecule has 0 aliphatic carbocycles. The Labute approximate surface area is 162 Å². The van der Waals surface area contributed by atoms with Crippen LogP contribution in [0.3, 0.4) is 0 Å². The van der Waals surface area contributed by atoms with Crippen LogP contribution in [0.15, 0.2) is 63.5 Å². The summed E-state index contributed by atoms with van der Waals surface area (Å²) in [6.07, 6.45) is 2.56. The van der Waals surface area contributed by atoms with Crippen molar-refractivity contribution in [3.63, 3.8) is 0 Å². The summed E-state index contributed by atoms with van der Waals surface area (Å²) in [5, 5.41) is 5.18. The van der Waals surface area contributed by atoms with Gasteiger partial charge in [0.1, 0.15) is 12.0 Å². The van der Waals surface area contributed by atoms with Crippen LogP contribution in [0.1, 0.15) is 10.6 Å². The Balaban J connectivity index is 0.00000208. The first-order valence-electron chi connectivity index (χ1n) is 7.37. The molecule has 1 aromatic carbocycles. The van der Waals surface area contributed by atoms with Gasteiger partial charge in [0.25, 0.3) is 0 Å². The summed E-state index contributed by atoms with van der Waals surface area (Å²) >= 11 is 1.74. The highest BCUT2D eigenvalue weighted by Crippen LogP contribution is 2.18. The number of aliphatic imine (C=N–C) groups is 1. The van der Waals surface area contributed by atoms with E-state index < -0.39 is 0 Å². The number of hydrogen-bond acceptors (Lipinski definition) is 4. The normalized spacial score (nSPS) is 11.1. The Morgan fingerprint density at radius 1 is 1.21 bits per heavy atom. The summed E-state index contributed by atoms with van der Waals surface area (Å²) in [5.41, 5.74) is 7.57. The molecule has 24 heavy (non-hydrogen) atoms. The lowest BCUT2D eigenvalue weighted by Gasteiger charge is -2.03. The van der Waals surface area contributed by atoms with Crippen molar-refractivity contribution < 1.29 is 4.42 Å². The van der Waals surface area contributed by atoms with Gasteiger partial charge in [-0.3, -0.25) is 0 Å². The Morgan fingerprint density at radius 2 is 2.04 bits per heavy atom. The molecule has 0 aliphatic heterocycles. The number of rotatable bonds is 6. The molecule has 0 unspecified atom stereocenters. The zero-order valence-corrected chi connectivity index (χ0v) is 16.2. The standard InChI is InChI=1S/C17H18N4OS.HI/c18-17(19-9-8-15-7-4-10-23-15)20-11-14-12-22-16(21-14)13-5-2-1-3-6-13;/h1-7,10,12H,8-9,11H2,(H3,18,19,20);1H. The van der Waals surface area contributed by atoms with Gasteiger partial charge in [-0.05, 0) is 30.0 Å². The molecule has 126 valence electrons. The molecule has 0 spiro atoms. The number of halogens is 1. The Hall–Kier alpha value is -1.87. The van der Waals surface area contributed by atoms with Gasteiger partial charge in [0.15, 0.2) is 5.96 Å². The molecular weight excluding hydrogens is 435 g/mol. The van der Waals surface area contributed by atoms with Crippen LogP contribution < -0.4 is 11.1 Å². The number of oxazole rings is 1. The van der Waals surface area contributed by atoms with Gasteiger partial charge in [-0.1, -0.05) is 24.3 Å². The molecule has 2 heterocycles. The number of nitrogens with two attached hydrogens (primary N) is 1. The van der Waals surface area contributed by atoms with Crippen molar-refractivity contribution in [2.45, 2.75) is 13.0 Å². The summed E-state index contributed by atoms with van der Waals surface area (Å²) < 4.78 is 5.47. The average molecular weight is 454 g/mol. The molecule has 2 aromatic heterocycles. The molecule has 0 bridgehead atoms. The van der Waals surface area contributed by atoms with Crippen molar-refractivity contribution in [3.05, 3.63) is 64.7 Å². The van der Waals surface area contributed by atoms with Gasteiger partial charge >= 0.3 is 0 Å². The lowest BCUT2D eigenvalue weighted by atomic mass is 10.2. The molecule has 5 nitrogen and oxygen atoms in total. The quantitative estimate of drug-likeness (QED) is 0.339. The number of benzene rings is 1. The molecule has 3 N–H and O–H groups in total. The Morgan fingerprint density at radius 3 is 2.79 bits per heavy atom. The largest absolute Gasteiger partial charge is 0.444 e. The van der Waals surface area contributed by atoms with E-state index in [-0.39, 0.29) is 24.0 Å². The van der Waals surface area contributed by atoms with Crippen LogP contribution in [0.2, 0.25) is 0 Å². The van der Waals surface area contributed by atoms with E-state index in [1.54, 1.807) is 17.6 Å². The fourth-order valence-corrected chi connectivity index (χ4v) is 2.79. The van der Waals surface area contributed by atoms with Gasteiger partial charge in [-0.25, -0.2) is 9.98 Å². The first-order chi connectivity index (χ1) is 11.3. The molecule has 0 saturated heterocycles. The van der Waals surface area contributed by atoms with Crippen molar-refractivity contribution in [3.8, 4) is 11.5 Å². The van der Waals surface area contributed by atoms with Gasteiger partial charge in [-0.15, -0.1) is 35.3 Å². The first kappa shape index (κ1) is 18.5. The van der Waals surface area contributed by atoms with E-state index in [0.717, 1.165) is 24.2 Å². The number of thiophene rings is 1. The van der Waals surface area contributed by atoms with E-state index in [1.165, 1.54) is 4.88 Å². The summed E-state index contributed by atoms with van der Waals surface area (Å²) in [4.78, 5) is 10.0. The number of guanidine groups is 1. The fraction of sp³-hybridized carbons (Fsp3) is 0.176. The number of nitrogens with one attached hydrogen (secondary N) is 1. The van der Waals surface area contributed by atoms with Gasteiger partial charge in [0.2, 0.25) is 5.89 Å². The van der Waals surface area contributed by atoms with Crippen LogP contribution in [0, 0.1) is 0 Å². The topological polar surface area (TPSA) is 76.4 Å². The zero-order valence-electron chi connectivity index (χ0n) is 13.0. The summed E-state index contributed by atoms with van der Waals surface area (Å²) in [6.45, 7) is 1.16. The van der Waals surface area contributed by atoms with E-state index in [9.17, 15) is 0 Å². The van der Waals surface area contributed by atoms with Crippen molar-refractivity contribution in [2.24, 2.45) is 10.7 Å². The third kappa shape index (κ3) is 5.34. The fourth-order valence-electron chi connectivity index (χ4n) is 2.08. The van der Waals surface area contributed by atoms with Crippen LogP contribution in [0.4, 0.5) is 0 Å².